The van der Waals surface area contributed by atoms with Crippen LogP contribution >= 0.6 is 11.6 Å². The number of halogens is 3. The van der Waals surface area contributed by atoms with E-state index in [0.29, 0.717) is 30.5 Å². The van der Waals surface area contributed by atoms with E-state index in [2.05, 4.69) is 0 Å². The van der Waals surface area contributed by atoms with Gasteiger partial charge in [0.2, 0.25) is 5.91 Å². The van der Waals surface area contributed by atoms with Gasteiger partial charge in [-0.25, -0.2) is 8.78 Å². The molecule has 3 rings (SSSR count). The zero-order valence-electron chi connectivity index (χ0n) is 10.5. The maximum Gasteiger partial charge on any atom is 0.248 e. The third-order valence-corrected chi connectivity index (χ3v) is 4.27. The Morgan fingerprint density at radius 3 is 2.90 bits per heavy atom. The van der Waals surface area contributed by atoms with Gasteiger partial charge in [-0.3, -0.25) is 4.79 Å². The minimum atomic E-state index is -0.790. The average Bonchev–Trinajstić information content (AvgIpc) is 2.82. The Labute approximate surface area is 119 Å². The van der Waals surface area contributed by atoms with E-state index in [1.165, 1.54) is 11.0 Å². The topological polar surface area (TPSA) is 40.5 Å². The van der Waals surface area contributed by atoms with Crippen molar-refractivity contribution in [2.75, 3.05) is 19.7 Å². The van der Waals surface area contributed by atoms with Crippen molar-refractivity contribution in [2.24, 2.45) is 0 Å². The molecule has 1 heterocycles. The molecule has 2 aliphatic rings. The largest absolute Gasteiger partial charge is 0.387 e. The van der Waals surface area contributed by atoms with Crippen LogP contribution in [0.25, 0.3) is 5.57 Å². The summed E-state index contributed by atoms with van der Waals surface area (Å²) in [6, 6.07) is 1.23. The van der Waals surface area contributed by atoms with Crippen LogP contribution in [-0.2, 0) is 11.2 Å². The number of nitrogens with zero attached hydrogens (tertiary/aromatic N) is 1. The summed E-state index contributed by atoms with van der Waals surface area (Å²) in [6.07, 6.45) is 1.02. The second-order valence-electron chi connectivity index (χ2n) is 4.99. The summed E-state index contributed by atoms with van der Waals surface area (Å²) >= 11 is 5.59. The SMILES string of the molecule is O=C(CO)N1CCC2=C(C1)c1cc(F)c(Cl)c(F)c1C2. The second-order valence-corrected chi connectivity index (χ2v) is 5.37. The molecule has 1 N–H and O–H groups in total. The summed E-state index contributed by atoms with van der Waals surface area (Å²) < 4.78 is 27.6. The van der Waals surface area contributed by atoms with Gasteiger partial charge in [-0.2, -0.15) is 0 Å². The molecule has 0 fully saturated rings. The number of hydrogen-bond donors (Lipinski definition) is 1. The lowest BCUT2D eigenvalue weighted by Gasteiger charge is -2.28. The summed E-state index contributed by atoms with van der Waals surface area (Å²) in [7, 11) is 0. The molecule has 0 aromatic heterocycles. The Balaban J connectivity index is 2.01. The average molecular weight is 300 g/mol. The predicted molar refractivity (Wildman–Crippen MR) is 70.3 cm³/mol. The van der Waals surface area contributed by atoms with Crippen LogP contribution < -0.4 is 0 Å². The molecule has 3 nitrogen and oxygen atoms in total. The highest BCUT2D eigenvalue weighted by Crippen LogP contribution is 2.41. The zero-order valence-corrected chi connectivity index (χ0v) is 11.3. The Kier molecular flexibility index (Phi) is 3.26. The van der Waals surface area contributed by atoms with Gasteiger partial charge < -0.3 is 10.0 Å². The molecule has 1 amide bonds. The zero-order chi connectivity index (χ0) is 14.4. The molecule has 0 bridgehead atoms. The van der Waals surface area contributed by atoms with Crippen molar-refractivity contribution >= 4 is 23.1 Å². The molecule has 0 unspecified atom stereocenters. The van der Waals surface area contributed by atoms with Gasteiger partial charge in [0.25, 0.3) is 0 Å². The van der Waals surface area contributed by atoms with Crippen LogP contribution in [0.2, 0.25) is 5.02 Å². The highest BCUT2D eigenvalue weighted by molar-refractivity contribution is 6.31. The first-order valence-electron chi connectivity index (χ1n) is 6.29. The van der Waals surface area contributed by atoms with E-state index in [0.717, 1.165) is 11.1 Å². The van der Waals surface area contributed by atoms with E-state index in [9.17, 15) is 13.6 Å². The van der Waals surface area contributed by atoms with Gasteiger partial charge in [0.1, 0.15) is 23.3 Å². The highest BCUT2D eigenvalue weighted by atomic mass is 35.5. The van der Waals surface area contributed by atoms with Gasteiger partial charge in [0.15, 0.2) is 0 Å². The van der Waals surface area contributed by atoms with E-state index in [1.54, 1.807) is 0 Å². The number of hydrogen-bond acceptors (Lipinski definition) is 2. The fourth-order valence-corrected chi connectivity index (χ4v) is 3.04. The van der Waals surface area contributed by atoms with E-state index in [4.69, 9.17) is 16.7 Å². The van der Waals surface area contributed by atoms with Crippen molar-refractivity contribution in [2.45, 2.75) is 12.8 Å². The molecule has 0 saturated carbocycles. The molecule has 1 aliphatic heterocycles. The molecular weight excluding hydrogens is 288 g/mol. The fourth-order valence-electron chi connectivity index (χ4n) is 2.87. The van der Waals surface area contributed by atoms with Crippen LogP contribution in [-0.4, -0.2) is 35.6 Å². The predicted octanol–water partition coefficient (Wildman–Crippen LogP) is 2.15. The van der Waals surface area contributed by atoms with Crippen LogP contribution in [0.1, 0.15) is 17.5 Å². The van der Waals surface area contributed by atoms with Crippen LogP contribution in [0, 0.1) is 11.6 Å². The molecule has 0 atom stereocenters. The van der Waals surface area contributed by atoms with E-state index in [-0.39, 0.29) is 12.5 Å². The highest BCUT2D eigenvalue weighted by Gasteiger charge is 2.32. The van der Waals surface area contributed by atoms with Crippen LogP contribution in [0.3, 0.4) is 0 Å². The summed E-state index contributed by atoms with van der Waals surface area (Å²) in [5, 5.41) is 8.42. The molecule has 106 valence electrons. The maximum atomic E-state index is 14.0. The van der Waals surface area contributed by atoms with Crippen LogP contribution in [0.15, 0.2) is 11.6 Å². The summed E-state index contributed by atoms with van der Waals surface area (Å²) in [5.41, 5.74) is 2.69. The molecule has 20 heavy (non-hydrogen) atoms. The molecule has 0 saturated heterocycles. The van der Waals surface area contributed by atoms with Crippen LogP contribution in [0.4, 0.5) is 8.78 Å². The first-order chi connectivity index (χ1) is 9.52. The third kappa shape index (κ3) is 1.93. The van der Waals surface area contributed by atoms with Crippen molar-refractivity contribution in [1.29, 1.82) is 0 Å². The number of benzene rings is 1. The molecule has 0 radical (unpaired) electrons. The van der Waals surface area contributed by atoms with Crippen LogP contribution in [0.5, 0.6) is 0 Å². The van der Waals surface area contributed by atoms with E-state index < -0.39 is 23.3 Å². The summed E-state index contributed by atoms with van der Waals surface area (Å²) in [5.74, 6) is -1.88. The lowest BCUT2D eigenvalue weighted by atomic mass is 10.00. The molecular formula is C14H12ClF2NO2. The lowest BCUT2D eigenvalue weighted by molar-refractivity contribution is -0.133. The van der Waals surface area contributed by atoms with Crippen molar-refractivity contribution in [3.63, 3.8) is 0 Å². The van der Waals surface area contributed by atoms with Crippen molar-refractivity contribution < 1.29 is 18.7 Å². The number of rotatable bonds is 1. The van der Waals surface area contributed by atoms with Gasteiger partial charge in [-0.05, 0) is 30.0 Å². The third-order valence-electron chi connectivity index (χ3n) is 3.93. The Hall–Kier alpha value is -1.46. The quantitative estimate of drug-likeness (QED) is 0.807. The standard InChI is InChI=1S/C14H12ClF2NO2/c15-13-11(16)4-8-9(14(13)17)3-7-1-2-18(5-10(7)8)12(20)6-19/h4,19H,1-3,5-6H2. The van der Waals surface area contributed by atoms with Gasteiger partial charge in [0.05, 0.1) is 0 Å². The van der Waals surface area contributed by atoms with Crippen molar-refractivity contribution in [1.82, 2.24) is 4.90 Å². The number of amides is 1. The van der Waals surface area contributed by atoms with Crippen molar-refractivity contribution in [3.8, 4) is 0 Å². The Morgan fingerprint density at radius 2 is 2.20 bits per heavy atom. The number of aliphatic hydroxyl groups is 1. The summed E-state index contributed by atoms with van der Waals surface area (Å²) in [6.45, 7) is 0.213. The summed E-state index contributed by atoms with van der Waals surface area (Å²) in [4.78, 5) is 13.0. The normalized spacial score (nSPS) is 17.3. The second kappa shape index (κ2) is 4.82. The first kappa shape index (κ1) is 13.5. The van der Waals surface area contributed by atoms with E-state index in [1.807, 2.05) is 0 Å². The fraction of sp³-hybridized carbons (Fsp3) is 0.357. The number of aliphatic hydroxyl groups excluding tert-OH is 1. The van der Waals surface area contributed by atoms with Gasteiger partial charge in [-0.15, -0.1) is 0 Å². The lowest BCUT2D eigenvalue weighted by Crippen LogP contribution is -2.37. The number of carbonyl (C=O) groups is 1. The molecule has 6 heteroatoms. The van der Waals surface area contributed by atoms with Gasteiger partial charge in [0, 0.05) is 18.7 Å². The monoisotopic (exact) mass is 299 g/mol. The number of fused-ring (bicyclic) bond motifs is 2. The van der Waals surface area contributed by atoms with Crippen molar-refractivity contribution in [3.05, 3.63) is 39.4 Å². The Morgan fingerprint density at radius 1 is 1.45 bits per heavy atom. The molecule has 1 aromatic rings. The molecule has 1 aromatic carbocycles. The smallest absolute Gasteiger partial charge is 0.248 e. The Bertz CT molecular complexity index is 643. The maximum absolute atomic E-state index is 14.0. The minimum absolute atomic E-state index is 0.280. The van der Waals surface area contributed by atoms with Gasteiger partial charge in [-0.1, -0.05) is 17.2 Å². The molecule has 0 spiro atoms. The van der Waals surface area contributed by atoms with E-state index >= 15 is 0 Å². The number of carbonyl (C=O) groups excluding carboxylic acids is 1. The molecule has 1 aliphatic carbocycles. The first-order valence-corrected chi connectivity index (χ1v) is 6.67. The minimum Gasteiger partial charge on any atom is -0.387 e. The van der Waals surface area contributed by atoms with Gasteiger partial charge >= 0.3 is 0 Å².